The highest BCUT2D eigenvalue weighted by atomic mass is 32.1. The number of nitriles is 1. The summed E-state index contributed by atoms with van der Waals surface area (Å²) >= 11 is 1.51. The van der Waals surface area contributed by atoms with Crippen LogP contribution >= 0.6 is 11.3 Å². The van der Waals surface area contributed by atoms with Gasteiger partial charge in [-0.15, -0.1) is 11.3 Å². The van der Waals surface area contributed by atoms with Crippen LogP contribution in [0.15, 0.2) is 12.1 Å². The molecule has 0 fully saturated rings. The van der Waals surface area contributed by atoms with Crippen molar-refractivity contribution in [2.24, 2.45) is 0 Å². The second-order valence-corrected chi connectivity index (χ2v) is 5.70. The standard InChI is InChI=1S/C13H11F3N4S/c1-7-10(19-8(2)21-7)6-18-12-9(5-17)3-4-11(20-12)13(14,15)16/h3-4H,6H2,1-2H3,(H,18,20). The number of aromatic nitrogens is 2. The molecule has 8 heteroatoms. The van der Waals surface area contributed by atoms with E-state index in [0.717, 1.165) is 27.7 Å². The summed E-state index contributed by atoms with van der Waals surface area (Å²) in [5.74, 6) is -0.0858. The molecule has 1 N–H and O–H groups in total. The van der Waals surface area contributed by atoms with E-state index < -0.39 is 11.9 Å². The van der Waals surface area contributed by atoms with E-state index in [4.69, 9.17) is 5.26 Å². The molecule has 0 radical (unpaired) electrons. The molecule has 0 saturated carbocycles. The normalized spacial score (nSPS) is 11.2. The molecule has 0 aromatic carbocycles. The summed E-state index contributed by atoms with van der Waals surface area (Å²) in [6.07, 6.45) is -4.54. The zero-order chi connectivity index (χ0) is 15.6. The van der Waals surface area contributed by atoms with E-state index in [2.05, 4.69) is 15.3 Å². The molecule has 0 amide bonds. The molecule has 4 nitrogen and oxygen atoms in total. The van der Waals surface area contributed by atoms with Gasteiger partial charge in [0.25, 0.3) is 0 Å². The summed E-state index contributed by atoms with van der Waals surface area (Å²) in [5, 5.41) is 12.6. The second kappa shape index (κ2) is 5.69. The predicted molar refractivity (Wildman–Crippen MR) is 72.9 cm³/mol. The molecule has 0 aliphatic heterocycles. The molecular weight excluding hydrogens is 301 g/mol. The molecule has 2 rings (SSSR count). The van der Waals surface area contributed by atoms with Crippen LogP contribution in [0.5, 0.6) is 0 Å². The van der Waals surface area contributed by atoms with E-state index in [1.54, 1.807) is 0 Å². The topological polar surface area (TPSA) is 61.6 Å². The van der Waals surface area contributed by atoms with Gasteiger partial charge in [0.15, 0.2) is 0 Å². The first-order valence-electron chi connectivity index (χ1n) is 5.96. The average Bonchev–Trinajstić information content (AvgIpc) is 2.73. The van der Waals surface area contributed by atoms with Crippen molar-refractivity contribution in [1.29, 1.82) is 5.26 Å². The number of nitrogens with one attached hydrogen (secondary N) is 1. The highest BCUT2D eigenvalue weighted by molar-refractivity contribution is 7.11. The largest absolute Gasteiger partial charge is 0.433 e. The molecule has 2 aromatic rings. The molecule has 0 spiro atoms. The van der Waals surface area contributed by atoms with Gasteiger partial charge in [0.05, 0.1) is 22.8 Å². The minimum absolute atomic E-state index is 0.0626. The number of thiazole rings is 1. The summed E-state index contributed by atoms with van der Waals surface area (Å²) in [6, 6.07) is 3.72. The Labute approximate surface area is 123 Å². The van der Waals surface area contributed by atoms with Crippen LogP contribution < -0.4 is 5.32 Å². The molecule has 21 heavy (non-hydrogen) atoms. The number of aryl methyl sites for hydroxylation is 2. The molecule has 110 valence electrons. The number of hydrogen-bond acceptors (Lipinski definition) is 5. The number of nitrogens with zero attached hydrogens (tertiary/aromatic N) is 3. The van der Waals surface area contributed by atoms with Crippen LogP contribution in [-0.4, -0.2) is 9.97 Å². The number of halogens is 3. The maximum atomic E-state index is 12.7. The fourth-order valence-corrected chi connectivity index (χ4v) is 2.58. The third-order valence-electron chi connectivity index (χ3n) is 2.73. The van der Waals surface area contributed by atoms with Crippen LogP contribution in [0.4, 0.5) is 19.0 Å². The molecule has 0 unspecified atom stereocenters. The summed E-state index contributed by atoms with van der Waals surface area (Å²) in [6.45, 7) is 3.95. The van der Waals surface area contributed by atoms with Gasteiger partial charge in [0.1, 0.15) is 17.6 Å². The van der Waals surface area contributed by atoms with Gasteiger partial charge in [-0.05, 0) is 26.0 Å². The second-order valence-electron chi connectivity index (χ2n) is 4.29. The van der Waals surface area contributed by atoms with Gasteiger partial charge in [-0.3, -0.25) is 0 Å². The quantitative estimate of drug-likeness (QED) is 0.939. The number of rotatable bonds is 3. The maximum absolute atomic E-state index is 12.7. The van der Waals surface area contributed by atoms with Crippen molar-refractivity contribution in [2.75, 3.05) is 5.32 Å². The van der Waals surface area contributed by atoms with Crippen molar-refractivity contribution in [2.45, 2.75) is 26.6 Å². The summed E-state index contributed by atoms with van der Waals surface area (Å²) in [7, 11) is 0. The van der Waals surface area contributed by atoms with E-state index in [-0.39, 0.29) is 17.9 Å². The van der Waals surface area contributed by atoms with Crippen LogP contribution in [0, 0.1) is 25.2 Å². The fraction of sp³-hybridized carbons (Fsp3) is 0.308. The Bertz CT molecular complexity index is 700. The number of pyridine rings is 1. The lowest BCUT2D eigenvalue weighted by Crippen LogP contribution is -2.12. The van der Waals surface area contributed by atoms with Gasteiger partial charge < -0.3 is 5.32 Å². The fourth-order valence-electron chi connectivity index (χ4n) is 1.75. The Hall–Kier alpha value is -2.14. The first-order valence-corrected chi connectivity index (χ1v) is 6.78. The Morgan fingerprint density at radius 1 is 1.29 bits per heavy atom. The smallest absolute Gasteiger partial charge is 0.363 e. The third-order valence-corrected chi connectivity index (χ3v) is 3.66. The van der Waals surface area contributed by atoms with Crippen molar-refractivity contribution < 1.29 is 13.2 Å². The average molecular weight is 312 g/mol. The zero-order valence-electron chi connectivity index (χ0n) is 11.2. The molecule has 0 aliphatic rings. The monoisotopic (exact) mass is 312 g/mol. The van der Waals surface area contributed by atoms with E-state index in [1.165, 1.54) is 11.3 Å². The van der Waals surface area contributed by atoms with Crippen molar-refractivity contribution in [3.63, 3.8) is 0 Å². The Kier molecular flexibility index (Phi) is 4.14. The number of hydrogen-bond donors (Lipinski definition) is 1. The van der Waals surface area contributed by atoms with Crippen molar-refractivity contribution in [1.82, 2.24) is 9.97 Å². The molecule has 0 atom stereocenters. The van der Waals surface area contributed by atoms with Crippen LogP contribution in [0.3, 0.4) is 0 Å². The van der Waals surface area contributed by atoms with E-state index in [1.807, 2.05) is 19.9 Å². The van der Waals surface area contributed by atoms with Crippen LogP contribution in [0.2, 0.25) is 0 Å². The van der Waals surface area contributed by atoms with E-state index >= 15 is 0 Å². The molecule has 2 aromatic heterocycles. The van der Waals surface area contributed by atoms with E-state index in [0.29, 0.717) is 0 Å². The Morgan fingerprint density at radius 3 is 2.52 bits per heavy atom. The third kappa shape index (κ3) is 3.49. The van der Waals surface area contributed by atoms with Crippen molar-refractivity contribution >= 4 is 17.2 Å². The minimum Gasteiger partial charge on any atom is -0.363 e. The lowest BCUT2D eigenvalue weighted by atomic mass is 10.2. The summed E-state index contributed by atoms with van der Waals surface area (Å²) in [5.41, 5.74) is -0.233. The van der Waals surface area contributed by atoms with Crippen LogP contribution in [0.1, 0.15) is 26.8 Å². The number of alkyl halides is 3. The Balaban J connectivity index is 2.26. The maximum Gasteiger partial charge on any atom is 0.433 e. The zero-order valence-corrected chi connectivity index (χ0v) is 12.1. The highest BCUT2D eigenvalue weighted by Crippen LogP contribution is 2.29. The lowest BCUT2D eigenvalue weighted by molar-refractivity contribution is -0.141. The number of anilines is 1. The lowest BCUT2D eigenvalue weighted by Gasteiger charge is -2.10. The first kappa shape index (κ1) is 15.3. The van der Waals surface area contributed by atoms with Gasteiger partial charge in [-0.1, -0.05) is 0 Å². The highest BCUT2D eigenvalue weighted by Gasteiger charge is 2.33. The van der Waals surface area contributed by atoms with Crippen molar-refractivity contribution in [3.05, 3.63) is 39.0 Å². The molecule has 0 aliphatic carbocycles. The van der Waals surface area contributed by atoms with Crippen LogP contribution in [-0.2, 0) is 12.7 Å². The molecule has 0 bridgehead atoms. The van der Waals surface area contributed by atoms with Gasteiger partial charge >= 0.3 is 6.18 Å². The van der Waals surface area contributed by atoms with Crippen LogP contribution in [0.25, 0.3) is 0 Å². The van der Waals surface area contributed by atoms with Crippen molar-refractivity contribution in [3.8, 4) is 6.07 Å². The van der Waals surface area contributed by atoms with Gasteiger partial charge in [-0.2, -0.15) is 18.4 Å². The molecule has 2 heterocycles. The van der Waals surface area contributed by atoms with E-state index in [9.17, 15) is 13.2 Å². The van der Waals surface area contributed by atoms with Gasteiger partial charge in [0.2, 0.25) is 0 Å². The summed E-state index contributed by atoms with van der Waals surface area (Å²) < 4.78 is 38.0. The van der Waals surface area contributed by atoms with Gasteiger partial charge in [0, 0.05) is 4.88 Å². The predicted octanol–water partition coefficient (Wildman–Crippen LogP) is 3.66. The Morgan fingerprint density at radius 2 is 2.00 bits per heavy atom. The first-order chi connectivity index (χ1) is 9.81. The minimum atomic E-state index is -4.54. The molecular formula is C13H11F3N4S. The SMILES string of the molecule is Cc1nc(CNc2nc(C(F)(F)F)ccc2C#N)c(C)s1. The molecule has 0 saturated heterocycles. The summed E-state index contributed by atoms with van der Waals surface area (Å²) in [4.78, 5) is 8.74. The van der Waals surface area contributed by atoms with Gasteiger partial charge in [-0.25, -0.2) is 9.97 Å².